The molecule has 0 aliphatic carbocycles. The van der Waals surface area contributed by atoms with Crippen LogP contribution in [0.4, 0.5) is 0 Å². The molecule has 0 amide bonds. The summed E-state index contributed by atoms with van der Waals surface area (Å²) in [6.07, 6.45) is 7.04. The first-order chi connectivity index (χ1) is 11.1. The zero-order chi connectivity index (χ0) is 16.4. The normalized spacial score (nSPS) is 11.1. The van der Waals surface area contributed by atoms with Crippen LogP contribution in [0.5, 0.6) is 0 Å². The van der Waals surface area contributed by atoms with Gasteiger partial charge in [0.2, 0.25) is 0 Å². The zero-order valence-corrected chi connectivity index (χ0v) is 15.1. The van der Waals surface area contributed by atoms with Crippen LogP contribution in [0, 0.1) is 19.3 Å². The van der Waals surface area contributed by atoms with E-state index in [1.807, 2.05) is 0 Å². The van der Waals surface area contributed by atoms with E-state index in [4.69, 9.17) is 6.42 Å². The molecule has 3 rings (SSSR count). The van der Waals surface area contributed by atoms with Gasteiger partial charge in [-0.05, 0) is 24.0 Å². The number of fused-ring (bicyclic) bond motifs is 1. The molecule has 2 nitrogen and oxygen atoms in total. The summed E-state index contributed by atoms with van der Waals surface area (Å²) in [5.74, 6) is 3.83. The van der Waals surface area contributed by atoms with E-state index in [0.717, 1.165) is 15.2 Å². The molecule has 0 spiro atoms. The molecule has 0 aliphatic rings. The number of hydrogen-bond donors (Lipinski definition) is 0. The Morgan fingerprint density at radius 1 is 1.22 bits per heavy atom. The van der Waals surface area contributed by atoms with E-state index in [-0.39, 0.29) is 0 Å². The van der Waals surface area contributed by atoms with Crippen molar-refractivity contribution in [3.63, 3.8) is 0 Å². The van der Waals surface area contributed by atoms with Gasteiger partial charge in [-0.1, -0.05) is 55.8 Å². The van der Waals surface area contributed by atoms with Crippen LogP contribution >= 0.6 is 23.1 Å². The van der Waals surface area contributed by atoms with E-state index >= 15 is 0 Å². The number of terminal acetylenes is 1. The Kier molecular flexibility index (Phi) is 4.70. The number of nitrogens with zero attached hydrogens (tertiary/aromatic N) is 2. The van der Waals surface area contributed by atoms with Crippen molar-refractivity contribution in [1.82, 2.24) is 9.97 Å². The second kappa shape index (κ2) is 6.74. The molecule has 23 heavy (non-hydrogen) atoms. The third-order valence-corrected chi connectivity index (χ3v) is 5.69. The average Bonchev–Trinajstić information content (AvgIpc) is 2.89. The van der Waals surface area contributed by atoms with Crippen LogP contribution in [0.1, 0.15) is 30.2 Å². The third kappa shape index (κ3) is 3.12. The van der Waals surface area contributed by atoms with Crippen LogP contribution in [0.15, 0.2) is 35.6 Å². The maximum Gasteiger partial charge on any atom is 0.128 e. The number of aromatic nitrogens is 2. The number of benzene rings is 1. The number of thiophene rings is 1. The van der Waals surface area contributed by atoms with Crippen LogP contribution in [-0.2, 0) is 0 Å². The largest absolute Gasteiger partial charge is 0.229 e. The molecule has 0 saturated carbocycles. The highest BCUT2D eigenvalue weighted by atomic mass is 32.2. The predicted molar refractivity (Wildman–Crippen MR) is 101 cm³/mol. The van der Waals surface area contributed by atoms with Crippen LogP contribution in [0.3, 0.4) is 0 Å². The van der Waals surface area contributed by atoms with Gasteiger partial charge in [0.25, 0.3) is 0 Å². The van der Waals surface area contributed by atoms with Crippen molar-refractivity contribution in [3.05, 3.63) is 41.0 Å². The van der Waals surface area contributed by atoms with Crippen molar-refractivity contribution in [2.45, 2.75) is 31.7 Å². The first-order valence-electron chi connectivity index (χ1n) is 7.52. The Bertz CT molecular complexity index is 871. The number of thioether (sulfide) groups is 1. The van der Waals surface area contributed by atoms with Gasteiger partial charge in [0, 0.05) is 10.4 Å². The molecule has 0 bridgehead atoms. The monoisotopic (exact) mass is 338 g/mol. The predicted octanol–water partition coefficient (Wildman–Crippen LogP) is 5.52. The molecule has 4 heteroatoms. The zero-order valence-electron chi connectivity index (χ0n) is 13.5. The maximum atomic E-state index is 5.41. The van der Waals surface area contributed by atoms with Crippen LogP contribution in [0.25, 0.3) is 21.3 Å². The lowest BCUT2D eigenvalue weighted by molar-refractivity contribution is 0.867. The molecule has 0 radical (unpaired) electrons. The lowest BCUT2D eigenvalue weighted by atomic mass is 9.98. The summed E-state index contributed by atoms with van der Waals surface area (Å²) in [7, 11) is 0. The molecule has 0 aliphatic heterocycles. The summed E-state index contributed by atoms with van der Waals surface area (Å²) in [6.45, 7) is 6.57. The van der Waals surface area contributed by atoms with Crippen molar-refractivity contribution in [3.8, 4) is 23.5 Å². The van der Waals surface area contributed by atoms with E-state index in [1.165, 1.54) is 21.6 Å². The van der Waals surface area contributed by atoms with Crippen molar-refractivity contribution in [2.24, 2.45) is 0 Å². The van der Waals surface area contributed by atoms with Crippen LogP contribution in [0.2, 0.25) is 0 Å². The highest BCUT2D eigenvalue weighted by molar-refractivity contribution is 7.99. The highest BCUT2D eigenvalue weighted by Crippen LogP contribution is 2.41. The minimum atomic E-state index is 0.537. The Labute approximate surface area is 145 Å². The number of hydrogen-bond acceptors (Lipinski definition) is 4. The molecule has 0 fully saturated rings. The lowest BCUT2D eigenvalue weighted by Gasteiger charge is -2.08. The molecule has 0 unspecified atom stereocenters. The van der Waals surface area contributed by atoms with Gasteiger partial charge in [-0.25, -0.2) is 9.97 Å². The summed E-state index contributed by atoms with van der Waals surface area (Å²) in [5, 5.41) is 2.10. The standard InChI is InChI=1S/C19H18N2S2/c1-5-10-22-18-17-16(13(4)23-19(17)21-11-20-18)15-8-6-14(7-9-15)12(2)3/h1,6-9,11-12H,10H2,2-4H3. The van der Waals surface area contributed by atoms with Crippen LogP contribution in [-0.4, -0.2) is 15.7 Å². The summed E-state index contributed by atoms with van der Waals surface area (Å²) in [5.41, 5.74) is 3.81. The minimum absolute atomic E-state index is 0.537. The van der Waals surface area contributed by atoms with E-state index in [0.29, 0.717) is 11.7 Å². The van der Waals surface area contributed by atoms with E-state index in [1.54, 1.807) is 29.4 Å². The Hall–Kier alpha value is -1.83. The van der Waals surface area contributed by atoms with Gasteiger partial charge in [-0.15, -0.1) is 17.8 Å². The van der Waals surface area contributed by atoms with Gasteiger partial charge in [0.05, 0.1) is 11.1 Å². The fraction of sp³-hybridized carbons (Fsp3) is 0.263. The summed E-state index contributed by atoms with van der Waals surface area (Å²) < 4.78 is 0. The first-order valence-corrected chi connectivity index (χ1v) is 9.32. The quantitative estimate of drug-likeness (QED) is 0.356. The topological polar surface area (TPSA) is 25.8 Å². The fourth-order valence-electron chi connectivity index (χ4n) is 2.62. The van der Waals surface area contributed by atoms with E-state index < -0.39 is 0 Å². The SMILES string of the molecule is C#CCSc1ncnc2sc(C)c(-c3ccc(C(C)C)cc3)c12. The van der Waals surface area contributed by atoms with E-state index in [9.17, 15) is 0 Å². The Morgan fingerprint density at radius 3 is 2.61 bits per heavy atom. The second-order valence-corrected chi connectivity index (χ2v) is 7.83. The molecule has 116 valence electrons. The van der Waals surface area contributed by atoms with Gasteiger partial charge in [-0.2, -0.15) is 0 Å². The highest BCUT2D eigenvalue weighted by Gasteiger charge is 2.16. The molecule has 3 aromatic rings. The van der Waals surface area contributed by atoms with Gasteiger partial charge in [0.15, 0.2) is 0 Å². The average molecular weight is 339 g/mol. The fourth-order valence-corrected chi connectivity index (χ4v) is 4.38. The van der Waals surface area contributed by atoms with Crippen molar-refractivity contribution in [2.75, 3.05) is 5.75 Å². The van der Waals surface area contributed by atoms with E-state index in [2.05, 4.69) is 60.9 Å². The lowest BCUT2D eigenvalue weighted by Crippen LogP contribution is -1.89. The maximum absolute atomic E-state index is 5.41. The number of aryl methyl sites for hydroxylation is 1. The third-order valence-electron chi connectivity index (χ3n) is 3.79. The van der Waals surface area contributed by atoms with Gasteiger partial charge in [0.1, 0.15) is 16.2 Å². The Balaban J connectivity index is 2.16. The molecular weight excluding hydrogens is 320 g/mol. The molecule has 0 saturated heterocycles. The summed E-state index contributed by atoms with van der Waals surface area (Å²) in [4.78, 5) is 11.2. The molecule has 0 atom stereocenters. The smallest absolute Gasteiger partial charge is 0.128 e. The van der Waals surface area contributed by atoms with Crippen molar-refractivity contribution in [1.29, 1.82) is 0 Å². The first kappa shape index (κ1) is 16.0. The molecule has 0 N–H and O–H groups in total. The Morgan fingerprint density at radius 2 is 1.96 bits per heavy atom. The summed E-state index contributed by atoms with van der Waals surface area (Å²) in [6, 6.07) is 8.82. The second-order valence-electron chi connectivity index (χ2n) is 5.66. The minimum Gasteiger partial charge on any atom is -0.229 e. The molecule has 1 aromatic carbocycles. The van der Waals surface area contributed by atoms with Gasteiger partial charge >= 0.3 is 0 Å². The molecular formula is C19H18N2S2. The van der Waals surface area contributed by atoms with Crippen molar-refractivity contribution < 1.29 is 0 Å². The number of rotatable bonds is 4. The summed E-state index contributed by atoms with van der Waals surface area (Å²) >= 11 is 3.32. The molecule has 2 heterocycles. The van der Waals surface area contributed by atoms with Crippen molar-refractivity contribution >= 4 is 33.3 Å². The van der Waals surface area contributed by atoms with Crippen LogP contribution < -0.4 is 0 Å². The van der Waals surface area contributed by atoms with Gasteiger partial charge < -0.3 is 0 Å². The van der Waals surface area contributed by atoms with Gasteiger partial charge in [-0.3, -0.25) is 0 Å². The molecule has 2 aromatic heterocycles.